The predicted molar refractivity (Wildman–Crippen MR) is 49.8 cm³/mol. The number of thiol groups is 1. The minimum Gasteiger partial charge on any atom is -0.385 e. The van der Waals surface area contributed by atoms with Crippen molar-refractivity contribution in [3.63, 3.8) is 0 Å². The molecule has 3 nitrogen and oxygen atoms in total. The predicted octanol–water partition coefficient (Wildman–Crippen LogP) is 0.208. The third-order valence-electron chi connectivity index (χ3n) is 0.421. The lowest BCUT2D eigenvalue weighted by Crippen LogP contribution is -2.10. The molecule has 10 heavy (non-hydrogen) atoms. The van der Waals surface area contributed by atoms with E-state index in [2.05, 4.69) is 31.4 Å². The summed E-state index contributed by atoms with van der Waals surface area (Å²) in [7, 11) is 0. The van der Waals surface area contributed by atoms with Crippen LogP contribution in [0, 0.1) is 0 Å². The highest BCUT2D eigenvalue weighted by molar-refractivity contribution is 8.10. The minimum atomic E-state index is -0.435. The molecule has 0 saturated heterocycles. The van der Waals surface area contributed by atoms with Gasteiger partial charge in [-0.05, 0) is 6.92 Å². The van der Waals surface area contributed by atoms with Crippen molar-refractivity contribution >= 4 is 35.1 Å². The normalized spacial score (nSPS) is 7.00. The van der Waals surface area contributed by atoms with E-state index in [4.69, 9.17) is 11.5 Å². The Hall–Kier alpha value is -0.550. The van der Waals surface area contributed by atoms with Crippen molar-refractivity contribution in [2.24, 2.45) is 11.5 Å². The molecule has 58 valence electrons. The van der Waals surface area contributed by atoms with E-state index in [9.17, 15) is 4.79 Å². The van der Waals surface area contributed by atoms with E-state index in [1.807, 2.05) is 0 Å². The van der Waals surface area contributed by atoms with Crippen LogP contribution in [0.15, 0.2) is 12.2 Å². The molecule has 0 fully saturated rings. The number of thiocarbonyl (C=S) groups is 1. The van der Waals surface area contributed by atoms with E-state index in [0.29, 0.717) is 5.57 Å². The summed E-state index contributed by atoms with van der Waals surface area (Å²) in [4.78, 5) is 9.82. The van der Waals surface area contributed by atoms with E-state index >= 15 is 0 Å². The molecule has 0 atom stereocenters. The van der Waals surface area contributed by atoms with Crippen LogP contribution in [0.2, 0.25) is 0 Å². The zero-order valence-corrected chi connectivity index (χ0v) is 7.34. The lowest BCUT2D eigenvalue weighted by molar-refractivity contribution is -0.114. The molecule has 0 aromatic heterocycles. The van der Waals surface area contributed by atoms with Gasteiger partial charge in [0.1, 0.15) is 4.32 Å². The minimum absolute atomic E-state index is 0.194. The fraction of sp³-hybridized carbons (Fsp3) is 0.200. The second kappa shape index (κ2) is 6.57. The lowest BCUT2D eigenvalue weighted by atomic mass is 10.3. The molecular weight excluding hydrogens is 168 g/mol. The van der Waals surface area contributed by atoms with Crippen LogP contribution in [0.4, 0.5) is 0 Å². The Morgan fingerprint density at radius 1 is 1.60 bits per heavy atom. The zero-order chi connectivity index (χ0) is 8.73. The summed E-state index contributed by atoms with van der Waals surface area (Å²) in [5, 5.41) is 0. The molecule has 1 amide bonds. The standard InChI is InChI=1S/C4H7NO.CH3NS2/c1-3(2)4(5)6;2-1(3)4/h1H2,2H3,(H2,5,6);(H3,2,3,4). The third kappa shape index (κ3) is 26.0. The summed E-state index contributed by atoms with van der Waals surface area (Å²) in [6.45, 7) is 4.85. The van der Waals surface area contributed by atoms with E-state index < -0.39 is 5.91 Å². The van der Waals surface area contributed by atoms with E-state index in [1.54, 1.807) is 6.92 Å². The van der Waals surface area contributed by atoms with E-state index in [1.165, 1.54) is 0 Å². The molecule has 0 aliphatic heterocycles. The van der Waals surface area contributed by atoms with Crippen molar-refractivity contribution < 1.29 is 4.79 Å². The molecule has 4 N–H and O–H groups in total. The van der Waals surface area contributed by atoms with Crippen molar-refractivity contribution in [3.05, 3.63) is 12.2 Å². The van der Waals surface area contributed by atoms with Gasteiger partial charge in [0.2, 0.25) is 5.91 Å². The molecule has 0 heterocycles. The topological polar surface area (TPSA) is 69.1 Å². The zero-order valence-electron chi connectivity index (χ0n) is 5.63. The smallest absolute Gasteiger partial charge is 0.243 e. The quantitative estimate of drug-likeness (QED) is 0.305. The molecule has 0 aliphatic carbocycles. The Bertz CT molecular complexity index is 140. The summed E-state index contributed by atoms with van der Waals surface area (Å²) in [6, 6.07) is 0. The molecule has 0 unspecified atom stereocenters. The molecular formula is C5H10N2OS2. The highest BCUT2D eigenvalue weighted by Crippen LogP contribution is 1.78. The van der Waals surface area contributed by atoms with Crippen molar-refractivity contribution in [2.75, 3.05) is 0 Å². The van der Waals surface area contributed by atoms with Crippen LogP contribution in [-0.4, -0.2) is 10.2 Å². The Morgan fingerprint density at radius 3 is 1.70 bits per heavy atom. The average molecular weight is 178 g/mol. The van der Waals surface area contributed by atoms with Gasteiger partial charge in [-0.25, -0.2) is 0 Å². The maximum atomic E-state index is 9.82. The molecule has 0 aromatic rings. The number of hydrogen-bond acceptors (Lipinski definition) is 2. The molecule has 0 rings (SSSR count). The highest BCUT2D eigenvalue weighted by Gasteiger charge is 1.86. The summed E-state index contributed by atoms with van der Waals surface area (Å²) < 4.78 is 0.194. The van der Waals surface area contributed by atoms with Gasteiger partial charge in [0, 0.05) is 5.57 Å². The fourth-order valence-corrected chi connectivity index (χ4v) is 0. The second-order valence-electron chi connectivity index (χ2n) is 1.48. The first-order valence-electron chi connectivity index (χ1n) is 2.31. The molecule has 0 aliphatic rings. The summed E-state index contributed by atoms with van der Waals surface area (Å²) in [5.41, 5.74) is 9.80. The average Bonchev–Trinajstić information content (AvgIpc) is 1.63. The largest absolute Gasteiger partial charge is 0.385 e. The van der Waals surface area contributed by atoms with Crippen LogP contribution >= 0.6 is 24.8 Å². The highest BCUT2D eigenvalue weighted by atomic mass is 32.1. The van der Waals surface area contributed by atoms with Gasteiger partial charge >= 0.3 is 0 Å². The molecule has 0 radical (unpaired) electrons. The van der Waals surface area contributed by atoms with Gasteiger partial charge in [-0.2, -0.15) is 0 Å². The number of carbonyl (C=O) groups excluding carboxylic acids is 1. The summed E-state index contributed by atoms with van der Waals surface area (Å²) in [6.07, 6.45) is 0. The maximum absolute atomic E-state index is 9.82. The monoisotopic (exact) mass is 178 g/mol. The van der Waals surface area contributed by atoms with Gasteiger partial charge in [0.05, 0.1) is 0 Å². The number of carbonyl (C=O) groups is 1. The molecule has 0 bridgehead atoms. The second-order valence-corrected chi connectivity index (χ2v) is 2.71. The first kappa shape index (κ1) is 12.2. The van der Waals surface area contributed by atoms with Crippen LogP contribution < -0.4 is 11.5 Å². The van der Waals surface area contributed by atoms with Crippen molar-refractivity contribution in [1.82, 2.24) is 0 Å². The van der Waals surface area contributed by atoms with Gasteiger partial charge < -0.3 is 11.5 Å². The fourth-order valence-electron chi connectivity index (χ4n) is 0. The third-order valence-corrected chi connectivity index (χ3v) is 0.421. The summed E-state index contributed by atoms with van der Waals surface area (Å²) in [5.74, 6) is -0.435. The molecule has 5 heteroatoms. The first-order valence-corrected chi connectivity index (χ1v) is 3.17. The van der Waals surface area contributed by atoms with Crippen LogP contribution in [0.25, 0.3) is 0 Å². The van der Waals surface area contributed by atoms with Crippen LogP contribution in [0.1, 0.15) is 6.92 Å². The maximum Gasteiger partial charge on any atom is 0.243 e. The summed E-state index contributed by atoms with van der Waals surface area (Å²) >= 11 is 7.65. The van der Waals surface area contributed by atoms with Crippen LogP contribution in [0.5, 0.6) is 0 Å². The van der Waals surface area contributed by atoms with Crippen LogP contribution in [-0.2, 0) is 4.79 Å². The van der Waals surface area contributed by atoms with Crippen LogP contribution in [0.3, 0.4) is 0 Å². The van der Waals surface area contributed by atoms with Gasteiger partial charge in [-0.3, -0.25) is 4.79 Å². The number of hydrogen-bond donors (Lipinski definition) is 3. The molecule has 0 aromatic carbocycles. The van der Waals surface area contributed by atoms with Gasteiger partial charge in [-0.15, -0.1) is 12.6 Å². The number of amides is 1. The van der Waals surface area contributed by atoms with Crippen molar-refractivity contribution in [3.8, 4) is 0 Å². The Kier molecular flexibility index (Phi) is 7.99. The van der Waals surface area contributed by atoms with E-state index in [0.717, 1.165) is 0 Å². The first-order chi connectivity index (χ1) is 4.37. The SMILES string of the molecule is C=C(C)C(N)=O.NC(=S)S. The van der Waals surface area contributed by atoms with Gasteiger partial charge in [0.25, 0.3) is 0 Å². The van der Waals surface area contributed by atoms with Gasteiger partial charge in [0.15, 0.2) is 0 Å². The number of primary amides is 1. The molecule has 0 spiro atoms. The van der Waals surface area contributed by atoms with Gasteiger partial charge in [-0.1, -0.05) is 18.8 Å². The van der Waals surface area contributed by atoms with Crippen molar-refractivity contribution in [1.29, 1.82) is 0 Å². The van der Waals surface area contributed by atoms with Crippen molar-refractivity contribution in [2.45, 2.75) is 6.92 Å². The van der Waals surface area contributed by atoms with E-state index in [-0.39, 0.29) is 4.32 Å². The number of rotatable bonds is 1. The molecule has 0 saturated carbocycles. The Balaban J connectivity index is 0. The number of nitrogens with two attached hydrogens (primary N) is 2. The Labute approximate surface area is 70.9 Å². The lowest BCUT2D eigenvalue weighted by Gasteiger charge is -1.81. The Morgan fingerprint density at radius 2 is 1.70 bits per heavy atom.